The summed E-state index contributed by atoms with van der Waals surface area (Å²) >= 11 is 6.91. The van der Waals surface area contributed by atoms with Gasteiger partial charge < -0.3 is 15.4 Å². The number of ether oxygens (including phenoxy) is 1. The van der Waals surface area contributed by atoms with E-state index in [1.807, 2.05) is 18.1 Å². The van der Waals surface area contributed by atoms with Crippen LogP contribution in [0.3, 0.4) is 0 Å². The third-order valence-corrected chi connectivity index (χ3v) is 6.35. The Labute approximate surface area is 124 Å². The quantitative estimate of drug-likeness (QED) is 0.799. The van der Waals surface area contributed by atoms with Gasteiger partial charge in [-0.3, -0.25) is 4.79 Å². The van der Waals surface area contributed by atoms with Crippen LogP contribution in [-0.2, 0) is 9.53 Å². The van der Waals surface area contributed by atoms with Crippen molar-refractivity contribution in [2.24, 2.45) is 11.7 Å². The van der Waals surface area contributed by atoms with Gasteiger partial charge in [0.05, 0.1) is 21.8 Å². The molecule has 0 aromatic rings. The molecule has 2 heterocycles. The molecule has 2 unspecified atom stereocenters. The molecule has 0 aromatic heterocycles. The van der Waals surface area contributed by atoms with Crippen LogP contribution in [0.4, 0.5) is 0 Å². The van der Waals surface area contributed by atoms with Gasteiger partial charge in [0.25, 0.3) is 0 Å². The standard InChI is InChI=1S/C13H22N2O2S2/c1-9-10(3-8-17-9)11(16)15-6-4-13(19-2,5-7-15)12(14)18/h9-10H,3-8H2,1-2H3,(H2,14,18). The minimum absolute atomic E-state index is 0.0339. The molecule has 0 aliphatic carbocycles. The Bertz CT molecular complexity index is 368. The van der Waals surface area contributed by atoms with Crippen LogP contribution in [0.15, 0.2) is 0 Å². The molecule has 0 bridgehead atoms. The number of piperidine rings is 1. The maximum absolute atomic E-state index is 12.5. The monoisotopic (exact) mass is 302 g/mol. The zero-order chi connectivity index (χ0) is 14.0. The second kappa shape index (κ2) is 5.97. The number of likely N-dealkylation sites (tertiary alicyclic amines) is 1. The number of nitrogens with zero attached hydrogens (tertiary/aromatic N) is 1. The van der Waals surface area contributed by atoms with Crippen molar-refractivity contribution in [3.05, 3.63) is 0 Å². The lowest BCUT2D eigenvalue weighted by molar-refractivity contribution is -0.137. The topological polar surface area (TPSA) is 55.6 Å². The van der Waals surface area contributed by atoms with Crippen molar-refractivity contribution < 1.29 is 9.53 Å². The van der Waals surface area contributed by atoms with E-state index >= 15 is 0 Å². The van der Waals surface area contributed by atoms with Crippen molar-refractivity contribution in [1.29, 1.82) is 0 Å². The van der Waals surface area contributed by atoms with Crippen LogP contribution in [0.1, 0.15) is 26.2 Å². The summed E-state index contributed by atoms with van der Waals surface area (Å²) in [5, 5.41) is 0. The molecule has 2 N–H and O–H groups in total. The number of thiocarbonyl (C=S) groups is 1. The molecule has 2 atom stereocenters. The lowest BCUT2D eigenvalue weighted by atomic mass is 9.93. The average Bonchev–Trinajstić information content (AvgIpc) is 2.84. The molecular weight excluding hydrogens is 280 g/mol. The molecule has 19 heavy (non-hydrogen) atoms. The largest absolute Gasteiger partial charge is 0.392 e. The molecule has 108 valence electrons. The van der Waals surface area contributed by atoms with E-state index in [4.69, 9.17) is 22.7 Å². The van der Waals surface area contributed by atoms with Crippen molar-refractivity contribution in [2.45, 2.75) is 37.0 Å². The minimum atomic E-state index is -0.121. The molecule has 0 radical (unpaired) electrons. The highest BCUT2D eigenvalue weighted by Crippen LogP contribution is 2.36. The second-order valence-electron chi connectivity index (χ2n) is 5.36. The van der Waals surface area contributed by atoms with Crippen molar-refractivity contribution in [3.63, 3.8) is 0 Å². The number of amides is 1. The van der Waals surface area contributed by atoms with Crippen LogP contribution >= 0.6 is 24.0 Å². The number of carbonyl (C=O) groups excluding carboxylic acids is 1. The van der Waals surface area contributed by atoms with E-state index in [-0.39, 0.29) is 22.7 Å². The van der Waals surface area contributed by atoms with Crippen molar-refractivity contribution in [1.82, 2.24) is 4.90 Å². The molecule has 2 fully saturated rings. The summed E-state index contributed by atoms with van der Waals surface area (Å²) in [6, 6.07) is 0. The Morgan fingerprint density at radius 3 is 2.53 bits per heavy atom. The van der Waals surface area contributed by atoms with Gasteiger partial charge in [0.1, 0.15) is 0 Å². The Kier molecular flexibility index (Phi) is 4.74. The van der Waals surface area contributed by atoms with E-state index in [1.54, 1.807) is 11.8 Å². The zero-order valence-electron chi connectivity index (χ0n) is 11.6. The Morgan fingerprint density at radius 1 is 1.47 bits per heavy atom. The summed E-state index contributed by atoms with van der Waals surface area (Å²) in [6.45, 7) is 4.19. The Hall–Kier alpha value is -0.330. The minimum Gasteiger partial charge on any atom is -0.392 e. The first-order valence-electron chi connectivity index (χ1n) is 6.75. The van der Waals surface area contributed by atoms with Crippen LogP contribution in [0.25, 0.3) is 0 Å². The molecule has 2 rings (SSSR count). The summed E-state index contributed by atoms with van der Waals surface area (Å²) in [7, 11) is 0. The van der Waals surface area contributed by atoms with Gasteiger partial charge in [0.2, 0.25) is 5.91 Å². The molecule has 2 aliphatic heterocycles. The average molecular weight is 302 g/mol. The molecule has 6 heteroatoms. The third kappa shape index (κ3) is 2.90. The fourth-order valence-electron chi connectivity index (χ4n) is 2.93. The number of hydrogen-bond acceptors (Lipinski definition) is 4. The fraction of sp³-hybridized carbons (Fsp3) is 0.846. The number of hydrogen-bond donors (Lipinski definition) is 1. The fourth-order valence-corrected chi connectivity index (χ4v) is 4.18. The SMILES string of the molecule is CSC1(C(N)=S)CCN(C(=O)C2CCOC2C)CC1. The van der Waals surface area contributed by atoms with Crippen molar-refractivity contribution in [3.8, 4) is 0 Å². The first kappa shape index (κ1) is 15.1. The lowest BCUT2D eigenvalue weighted by Crippen LogP contribution is -2.52. The van der Waals surface area contributed by atoms with Gasteiger partial charge in [0.15, 0.2) is 0 Å². The molecule has 2 aliphatic rings. The van der Waals surface area contributed by atoms with Crippen molar-refractivity contribution >= 4 is 34.9 Å². The summed E-state index contributed by atoms with van der Waals surface area (Å²) in [5.74, 6) is 0.272. The molecule has 2 saturated heterocycles. The van der Waals surface area contributed by atoms with E-state index < -0.39 is 0 Å². The van der Waals surface area contributed by atoms with E-state index in [9.17, 15) is 4.79 Å². The highest BCUT2D eigenvalue weighted by atomic mass is 32.2. The number of rotatable bonds is 3. The van der Waals surface area contributed by atoms with E-state index in [1.165, 1.54) is 0 Å². The van der Waals surface area contributed by atoms with E-state index in [0.29, 0.717) is 11.6 Å². The Morgan fingerprint density at radius 2 is 2.11 bits per heavy atom. The van der Waals surface area contributed by atoms with Gasteiger partial charge >= 0.3 is 0 Å². The predicted octanol–water partition coefficient (Wildman–Crippen LogP) is 1.42. The first-order valence-corrected chi connectivity index (χ1v) is 8.39. The van der Waals surface area contributed by atoms with Crippen molar-refractivity contribution in [2.75, 3.05) is 26.0 Å². The van der Waals surface area contributed by atoms with Crippen LogP contribution in [-0.4, -0.2) is 52.6 Å². The van der Waals surface area contributed by atoms with Gasteiger partial charge in [-0.15, -0.1) is 0 Å². The smallest absolute Gasteiger partial charge is 0.228 e. The van der Waals surface area contributed by atoms with Crippen LogP contribution in [0.2, 0.25) is 0 Å². The molecule has 4 nitrogen and oxygen atoms in total. The maximum Gasteiger partial charge on any atom is 0.228 e. The molecule has 0 saturated carbocycles. The van der Waals surface area contributed by atoms with Gasteiger partial charge in [-0.2, -0.15) is 11.8 Å². The summed E-state index contributed by atoms with van der Waals surface area (Å²) in [4.78, 5) is 15.0. The number of carbonyl (C=O) groups is 1. The molecule has 1 amide bonds. The molecule has 0 spiro atoms. The number of thioether (sulfide) groups is 1. The summed E-state index contributed by atoms with van der Waals surface area (Å²) < 4.78 is 5.36. The van der Waals surface area contributed by atoms with Gasteiger partial charge in [-0.25, -0.2) is 0 Å². The van der Waals surface area contributed by atoms with Gasteiger partial charge in [-0.1, -0.05) is 12.2 Å². The summed E-state index contributed by atoms with van der Waals surface area (Å²) in [6.07, 6.45) is 4.66. The zero-order valence-corrected chi connectivity index (χ0v) is 13.2. The second-order valence-corrected chi connectivity index (χ2v) is 6.99. The van der Waals surface area contributed by atoms with Gasteiger partial charge in [0, 0.05) is 19.7 Å². The highest BCUT2D eigenvalue weighted by Gasteiger charge is 2.40. The van der Waals surface area contributed by atoms with Crippen LogP contribution in [0.5, 0.6) is 0 Å². The summed E-state index contributed by atoms with van der Waals surface area (Å²) in [5.41, 5.74) is 5.87. The highest BCUT2D eigenvalue weighted by molar-refractivity contribution is 8.02. The normalized spacial score (nSPS) is 30.3. The predicted molar refractivity (Wildman–Crippen MR) is 82.4 cm³/mol. The van der Waals surface area contributed by atoms with Crippen LogP contribution in [0, 0.1) is 5.92 Å². The maximum atomic E-state index is 12.5. The first-order chi connectivity index (χ1) is 9.00. The van der Waals surface area contributed by atoms with Gasteiger partial charge in [-0.05, 0) is 32.4 Å². The lowest BCUT2D eigenvalue weighted by Gasteiger charge is -2.41. The van der Waals surface area contributed by atoms with E-state index in [2.05, 4.69) is 0 Å². The molecule has 0 aromatic carbocycles. The number of nitrogens with two attached hydrogens (primary N) is 1. The molecular formula is C13H22N2O2S2. The third-order valence-electron chi connectivity index (χ3n) is 4.42. The Balaban J connectivity index is 1.96. The van der Waals surface area contributed by atoms with E-state index in [0.717, 1.165) is 32.4 Å². The van der Waals surface area contributed by atoms with Crippen LogP contribution < -0.4 is 5.73 Å².